The normalized spacial score (nSPS) is 12.5. The number of hydrogen-bond acceptors (Lipinski definition) is 6. The Kier molecular flexibility index (Phi) is 59.8. The van der Waals surface area contributed by atoms with Crippen molar-refractivity contribution in [2.24, 2.45) is 17.8 Å². The van der Waals surface area contributed by atoms with E-state index in [1.165, 1.54) is 276 Å². The van der Waals surface area contributed by atoms with Gasteiger partial charge >= 0.3 is 17.9 Å². The standard InChI is InChI=1S/C70H136O6/c1-7-66(6)58-52-46-40-34-28-22-15-10-8-9-11-16-23-29-35-41-47-53-59-68(71)74-62-67(63-75-69(72)60-54-48-42-36-30-24-19-18-21-27-33-39-45-51-57-65(4)5)76-70(73)61-55-49-43-37-31-25-17-13-12-14-20-26-32-38-44-50-56-64(2)3/h64-67H,7-63H2,1-6H3/t66?,67-/m1/s1. The molecule has 0 rings (SSSR count). The van der Waals surface area contributed by atoms with Crippen molar-refractivity contribution in [2.45, 2.75) is 401 Å². The van der Waals surface area contributed by atoms with Crippen LogP contribution in [0, 0.1) is 17.8 Å². The molecule has 0 amide bonds. The zero-order valence-corrected chi connectivity index (χ0v) is 52.6. The van der Waals surface area contributed by atoms with Crippen LogP contribution < -0.4 is 0 Å². The average molecular weight is 1070 g/mol. The molecule has 0 saturated carbocycles. The summed E-state index contributed by atoms with van der Waals surface area (Å²) in [5.41, 5.74) is 0. The van der Waals surface area contributed by atoms with Crippen LogP contribution in [0.25, 0.3) is 0 Å². The van der Waals surface area contributed by atoms with Crippen LogP contribution in [-0.4, -0.2) is 37.2 Å². The summed E-state index contributed by atoms with van der Waals surface area (Å²) in [5.74, 6) is 1.78. The molecular formula is C70H136O6. The van der Waals surface area contributed by atoms with E-state index in [9.17, 15) is 14.4 Å². The van der Waals surface area contributed by atoms with E-state index in [2.05, 4.69) is 41.5 Å². The maximum absolute atomic E-state index is 12.9. The van der Waals surface area contributed by atoms with Gasteiger partial charge in [0.25, 0.3) is 0 Å². The minimum Gasteiger partial charge on any atom is -0.462 e. The monoisotopic (exact) mass is 1070 g/mol. The van der Waals surface area contributed by atoms with Crippen LogP contribution >= 0.6 is 0 Å². The van der Waals surface area contributed by atoms with E-state index < -0.39 is 6.10 Å². The maximum atomic E-state index is 12.9. The maximum Gasteiger partial charge on any atom is 0.306 e. The number of esters is 3. The van der Waals surface area contributed by atoms with E-state index in [1.807, 2.05) is 0 Å². The molecule has 0 heterocycles. The summed E-state index contributed by atoms with van der Waals surface area (Å²) < 4.78 is 17.0. The summed E-state index contributed by atoms with van der Waals surface area (Å²) in [4.78, 5) is 38.4. The van der Waals surface area contributed by atoms with Gasteiger partial charge in [-0.25, -0.2) is 0 Å². The van der Waals surface area contributed by atoms with Gasteiger partial charge < -0.3 is 14.2 Å². The second-order valence-electron chi connectivity index (χ2n) is 25.4. The van der Waals surface area contributed by atoms with Crippen LogP contribution in [-0.2, 0) is 28.6 Å². The molecule has 0 aromatic rings. The molecule has 6 heteroatoms. The van der Waals surface area contributed by atoms with Gasteiger partial charge in [-0.2, -0.15) is 0 Å². The van der Waals surface area contributed by atoms with E-state index in [-0.39, 0.29) is 31.1 Å². The Morgan fingerprint density at radius 3 is 0.684 bits per heavy atom. The van der Waals surface area contributed by atoms with Crippen molar-refractivity contribution in [3.8, 4) is 0 Å². The Balaban J connectivity index is 4.27. The fraction of sp³-hybridized carbons (Fsp3) is 0.957. The molecule has 0 aliphatic carbocycles. The van der Waals surface area contributed by atoms with Crippen LogP contribution in [0.3, 0.4) is 0 Å². The van der Waals surface area contributed by atoms with Crippen molar-refractivity contribution in [3.05, 3.63) is 0 Å². The van der Waals surface area contributed by atoms with Gasteiger partial charge in [0, 0.05) is 19.3 Å². The zero-order valence-electron chi connectivity index (χ0n) is 52.6. The molecule has 0 aromatic heterocycles. The van der Waals surface area contributed by atoms with E-state index in [0.717, 1.165) is 75.5 Å². The molecular weight excluding hydrogens is 937 g/mol. The zero-order chi connectivity index (χ0) is 55.5. The Bertz CT molecular complexity index is 1180. The third kappa shape index (κ3) is 61.6. The largest absolute Gasteiger partial charge is 0.462 e. The molecule has 0 N–H and O–H groups in total. The predicted molar refractivity (Wildman–Crippen MR) is 330 cm³/mol. The second-order valence-corrected chi connectivity index (χ2v) is 25.4. The third-order valence-corrected chi connectivity index (χ3v) is 16.5. The highest BCUT2D eigenvalue weighted by atomic mass is 16.6. The second kappa shape index (κ2) is 61.0. The molecule has 0 bridgehead atoms. The van der Waals surface area contributed by atoms with Gasteiger partial charge in [0.2, 0.25) is 0 Å². The highest BCUT2D eigenvalue weighted by Crippen LogP contribution is 2.20. The molecule has 0 radical (unpaired) electrons. The van der Waals surface area contributed by atoms with Crippen molar-refractivity contribution < 1.29 is 28.6 Å². The topological polar surface area (TPSA) is 78.9 Å². The fourth-order valence-electron chi connectivity index (χ4n) is 10.9. The Morgan fingerprint density at radius 1 is 0.263 bits per heavy atom. The first kappa shape index (κ1) is 74.4. The molecule has 0 aliphatic rings. The lowest BCUT2D eigenvalue weighted by atomic mass is 9.99. The van der Waals surface area contributed by atoms with Gasteiger partial charge in [0.15, 0.2) is 6.10 Å². The number of carbonyl (C=O) groups is 3. The van der Waals surface area contributed by atoms with Crippen molar-refractivity contribution in [3.63, 3.8) is 0 Å². The van der Waals surface area contributed by atoms with Crippen molar-refractivity contribution in [2.75, 3.05) is 13.2 Å². The average Bonchev–Trinajstić information content (AvgIpc) is 3.40. The van der Waals surface area contributed by atoms with Gasteiger partial charge in [-0.05, 0) is 37.0 Å². The first-order valence-electron chi connectivity index (χ1n) is 34.6. The number of unbranched alkanes of at least 4 members (excludes halogenated alkanes) is 45. The molecule has 2 atom stereocenters. The van der Waals surface area contributed by atoms with Crippen LogP contribution in [0.15, 0.2) is 0 Å². The molecule has 76 heavy (non-hydrogen) atoms. The van der Waals surface area contributed by atoms with Gasteiger partial charge in [-0.3, -0.25) is 14.4 Å². The predicted octanol–water partition coefficient (Wildman–Crippen LogP) is 23.4. The summed E-state index contributed by atoms with van der Waals surface area (Å²) in [6.07, 6.45) is 68.2. The van der Waals surface area contributed by atoms with E-state index in [1.54, 1.807) is 0 Å². The van der Waals surface area contributed by atoms with E-state index in [0.29, 0.717) is 19.3 Å². The quantitative estimate of drug-likeness (QED) is 0.0343. The SMILES string of the molecule is CCC(C)CCCCCCCCCCCCCCCCCCCCC(=O)OC[C@H](COC(=O)CCCCCCCCCCCCCCCCC(C)C)OC(=O)CCCCCCCCCCCCCCCCCCC(C)C. The Hall–Kier alpha value is -1.59. The smallest absolute Gasteiger partial charge is 0.306 e. The molecule has 0 saturated heterocycles. The lowest BCUT2D eigenvalue weighted by Crippen LogP contribution is -2.30. The summed E-state index contributed by atoms with van der Waals surface area (Å²) >= 11 is 0. The minimum atomic E-state index is -0.765. The highest BCUT2D eigenvalue weighted by Gasteiger charge is 2.20. The van der Waals surface area contributed by atoms with Crippen molar-refractivity contribution in [1.29, 1.82) is 0 Å². The molecule has 6 nitrogen and oxygen atoms in total. The molecule has 0 fully saturated rings. The number of carbonyl (C=O) groups excluding carboxylic acids is 3. The summed E-state index contributed by atoms with van der Waals surface area (Å²) in [5, 5.41) is 0. The van der Waals surface area contributed by atoms with Crippen molar-refractivity contribution in [1.82, 2.24) is 0 Å². The lowest BCUT2D eigenvalue weighted by Gasteiger charge is -2.18. The number of rotatable bonds is 63. The molecule has 1 unspecified atom stereocenters. The number of hydrogen-bond donors (Lipinski definition) is 0. The van der Waals surface area contributed by atoms with Gasteiger partial charge in [-0.1, -0.05) is 356 Å². The van der Waals surface area contributed by atoms with Gasteiger partial charge in [0.1, 0.15) is 13.2 Å². The molecule has 0 spiro atoms. The van der Waals surface area contributed by atoms with Crippen LogP contribution in [0.4, 0.5) is 0 Å². The highest BCUT2D eigenvalue weighted by molar-refractivity contribution is 5.71. The third-order valence-electron chi connectivity index (χ3n) is 16.5. The van der Waals surface area contributed by atoms with Crippen LogP contribution in [0.1, 0.15) is 395 Å². The van der Waals surface area contributed by atoms with Gasteiger partial charge in [0.05, 0.1) is 0 Å². The first-order chi connectivity index (χ1) is 37.1. The van der Waals surface area contributed by atoms with Gasteiger partial charge in [-0.15, -0.1) is 0 Å². The first-order valence-corrected chi connectivity index (χ1v) is 34.6. The minimum absolute atomic E-state index is 0.0619. The summed E-state index contributed by atoms with van der Waals surface area (Å²) in [6.45, 7) is 13.9. The number of ether oxygens (including phenoxy) is 3. The van der Waals surface area contributed by atoms with Crippen LogP contribution in [0.5, 0.6) is 0 Å². The summed E-state index contributed by atoms with van der Waals surface area (Å²) in [6, 6.07) is 0. The molecule has 0 aromatic carbocycles. The lowest BCUT2D eigenvalue weighted by molar-refractivity contribution is -0.167. The van der Waals surface area contributed by atoms with Crippen LogP contribution in [0.2, 0.25) is 0 Å². The molecule has 452 valence electrons. The van der Waals surface area contributed by atoms with E-state index >= 15 is 0 Å². The Labute approximate surface area is 476 Å². The summed E-state index contributed by atoms with van der Waals surface area (Å²) in [7, 11) is 0. The Morgan fingerprint density at radius 2 is 0.461 bits per heavy atom. The van der Waals surface area contributed by atoms with E-state index in [4.69, 9.17) is 14.2 Å². The fourth-order valence-corrected chi connectivity index (χ4v) is 10.9. The molecule has 0 aliphatic heterocycles. The van der Waals surface area contributed by atoms with Crippen molar-refractivity contribution >= 4 is 17.9 Å².